The van der Waals surface area contributed by atoms with Crippen LogP contribution in [-0.4, -0.2) is 9.97 Å². The normalized spacial score (nSPS) is 11.7. The van der Waals surface area contributed by atoms with E-state index in [4.69, 9.17) is 5.73 Å². The molecule has 1 aromatic heterocycles. The lowest BCUT2D eigenvalue weighted by atomic mass is 10.1. The summed E-state index contributed by atoms with van der Waals surface area (Å²) in [5, 5.41) is 0. The van der Waals surface area contributed by atoms with Gasteiger partial charge in [-0.2, -0.15) is 13.2 Å². The van der Waals surface area contributed by atoms with Crippen molar-refractivity contribution in [2.45, 2.75) is 6.18 Å². The van der Waals surface area contributed by atoms with Crippen molar-refractivity contribution in [3.05, 3.63) is 36.3 Å². The molecule has 0 aliphatic carbocycles. The number of hydrogen-bond donors (Lipinski definition) is 2. The van der Waals surface area contributed by atoms with Crippen LogP contribution >= 0.6 is 0 Å². The Hall–Kier alpha value is -1.98. The average Bonchev–Trinajstić information content (AvgIpc) is 2.68. The monoisotopic (exact) mass is 227 g/mol. The zero-order valence-electron chi connectivity index (χ0n) is 8.05. The van der Waals surface area contributed by atoms with Gasteiger partial charge in [-0.1, -0.05) is 0 Å². The third-order valence-corrected chi connectivity index (χ3v) is 2.09. The number of aromatic amines is 1. The van der Waals surface area contributed by atoms with Crippen molar-refractivity contribution in [3.8, 4) is 11.3 Å². The molecular weight excluding hydrogens is 219 g/mol. The van der Waals surface area contributed by atoms with Gasteiger partial charge in [-0.05, 0) is 18.2 Å². The lowest BCUT2D eigenvalue weighted by Crippen LogP contribution is -2.06. The maximum absolute atomic E-state index is 12.5. The third-order valence-electron chi connectivity index (χ3n) is 2.09. The molecule has 2 rings (SSSR count). The number of nitrogen functional groups attached to an aromatic ring is 1. The molecule has 0 aliphatic rings. The molecule has 3 N–H and O–H groups in total. The number of halogens is 3. The van der Waals surface area contributed by atoms with E-state index in [1.54, 1.807) is 0 Å². The SMILES string of the molecule is Nc1cc(-c2cnc[nH]2)cc(C(F)(F)F)c1. The number of rotatable bonds is 1. The molecule has 0 spiro atoms. The maximum atomic E-state index is 12.5. The highest BCUT2D eigenvalue weighted by Crippen LogP contribution is 2.33. The highest BCUT2D eigenvalue weighted by Gasteiger charge is 2.31. The second-order valence-corrected chi connectivity index (χ2v) is 3.31. The molecule has 2 aromatic rings. The van der Waals surface area contributed by atoms with Gasteiger partial charge in [0, 0.05) is 11.3 Å². The van der Waals surface area contributed by atoms with Crippen LogP contribution in [-0.2, 0) is 6.18 Å². The minimum Gasteiger partial charge on any atom is -0.399 e. The predicted octanol–water partition coefficient (Wildman–Crippen LogP) is 2.68. The first-order valence-electron chi connectivity index (χ1n) is 4.43. The topological polar surface area (TPSA) is 54.7 Å². The van der Waals surface area contributed by atoms with Gasteiger partial charge in [0.2, 0.25) is 0 Å². The van der Waals surface area contributed by atoms with Crippen molar-refractivity contribution in [1.82, 2.24) is 9.97 Å². The fourth-order valence-corrected chi connectivity index (χ4v) is 1.38. The number of hydrogen-bond acceptors (Lipinski definition) is 2. The van der Waals surface area contributed by atoms with E-state index in [2.05, 4.69) is 9.97 Å². The quantitative estimate of drug-likeness (QED) is 0.736. The number of benzene rings is 1. The van der Waals surface area contributed by atoms with Crippen LogP contribution < -0.4 is 5.73 Å². The standard InChI is InChI=1S/C10H8F3N3/c11-10(12,13)7-1-6(2-8(14)3-7)9-4-15-5-16-9/h1-5H,14H2,(H,15,16). The van der Waals surface area contributed by atoms with E-state index in [1.165, 1.54) is 18.6 Å². The van der Waals surface area contributed by atoms with Gasteiger partial charge in [0.15, 0.2) is 0 Å². The summed E-state index contributed by atoms with van der Waals surface area (Å²) in [4.78, 5) is 6.47. The van der Waals surface area contributed by atoms with Crippen LogP contribution in [0.25, 0.3) is 11.3 Å². The van der Waals surface area contributed by atoms with E-state index in [9.17, 15) is 13.2 Å². The van der Waals surface area contributed by atoms with Crippen molar-refractivity contribution >= 4 is 5.69 Å². The maximum Gasteiger partial charge on any atom is 0.416 e. The summed E-state index contributed by atoms with van der Waals surface area (Å²) < 4.78 is 37.5. The van der Waals surface area contributed by atoms with Crippen molar-refractivity contribution < 1.29 is 13.2 Å². The Balaban J connectivity index is 2.53. The number of nitrogens with zero attached hydrogens (tertiary/aromatic N) is 1. The van der Waals surface area contributed by atoms with Gasteiger partial charge in [-0.3, -0.25) is 0 Å². The molecule has 0 atom stereocenters. The Kier molecular flexibility index (Phi) is 2.34. The van der Waals surface area contributed by atoms with Crippen LogP contribution in [0.3, 0.4) is 0 Å². The van der Waals surface area contributed by atoms with Crippen LogP contribution in [0.4, 0.5) is 18.9 Å². The number of imidazole rings is 1. The zero-order chi connectivity index (χ0) is 11.8. The first kappa shape index (κ1) is 10.5. The lowest BCUT2D eigenvalue weighted by molar-refractivity contribution is -0.137. The summed E-state index contributed by atoms with van der Waals surface area (Å²) in [6.07, 6.45) is -1.56. The summed E-state index contributed by atoms with van der Waals surface area (Å²) in [7, 11) is 0. The van der Waals surface area contributed by atoms with Crippen LogP contribution in [0.5, 0.6) is 0 Å². The number of anilines is 1. The molecule has 6 heteroatoms. The molecule has 84 valence electrons. The molecule has 0 saturated carbocycles. The van der Waals surface area contributed by atoms with E-state index < -0.39 is 11.7 Å². The van der Waals surface area contributed by atoms with Crippen LogP contribution in [0.1, 0.15) is 5.56 Å². The smallest absolute Gasteiger partial charge is 0.399 e. The van der Waals surface area contributed by atoms with Crippen LogP contribution in [0.2, 0.25) is 0 Å². The Labute approximate surface area is 89.1 Å². The Morgan fingerprint density at radius 2 is 1.94 bits per heavy atom. The number of alkyl halides is 3. The van der Waals surface area contributed by atoms with Gasteiger partial charge >= 0.3 is 6.18 Å². The Morgan fingerprint density at radius 1 is 1.19 bits per heavy atom. The molecule has 1 heterocycles. The van der Waals surface area contributed by atoms with Gasteiger partial charge in [-0.25, -0.2) is 4.98 Å². The Bertz CT molecular complexity index is 489. The molecule has 0 aliphatic heterocycles. The van der Waals surface area contributed by atoms with Crippen LogP contribution in [0, 0.1) is 0 Å². The first-order valence-corrected chi connectivity index (χ1v) is 4.43. The predicted molar refractivity (Wildman–Crippen MR) is 53.4 cm³/mol. The molecule has 0 radical (unpaired) electrons. The molecular formula is C10H8F3N3. The third kappa shape index (κ3) is 2.00. The summed E-state index contributed by atoms with van der Waals surface area (Å²) in [6, 6.07) is 3.40. The first-order chi connectivity index (χ1) is 7.47. The molecule has 16 heavy (non-hydrogen) atoms. The van der Waals surface area contributed by atoms with E-state index in [1.807, 2.05) is 0 Å². The molecule has 0 saturated heterocycles. The van der Waals surface area contributed by atoms with E-state index >= 15 is 0 Å². The average molecular weight is 227 g/mol. The fraction of sp³-hybridized carbons (Fsp3) is 0.100. The van der Waals surface area contributed by atoms with Crippen LogP contribution in [0.15, 0.2) is 30.7 Å². The summed E-state index contributed by atoms with van der Waals surface area (Å²) in [6.45, 7) is 0. The van der Waals surface area contributed by atoms with Gasteiger partial charge in [0.05, 0.1) is 23.8 Å². The zero-order valence-corrected chi connectivity index (χ0v) is 8.05. The Morgan fingerprint density at radius 3 is 2.50 bits per heavy atom. The summed E-state index contributed by atoms with van der Waals surface area (Å²) in [5.74, 6) is 0. The van der Waals surface area contributed by atoms with Crippen molar-refractivity contribution in [2.24, 2.45) is 0 Å². The molecule has 0 unspecified atom stereocenters. The van der Waals surface area contributed by atoms with Crippen molar-refractivity contribution in [2.75, 3.05) is 5.73 Å². The number of nitrogens with one attached hydrogen (secondary N) is 1. The summed E-state index contributed by atoms with van der Waals surface area (Å²) in [5.41, 5.74) is 5.59. The molecule has 0 amide bonds. The highest BCUT2D eigenvalue weighted by molar-refractivity contribution is 5.65. The molecule has 0 fully saturated rings. The minimum absolute atomic E-state index is 0.0689. The van der Waals surface area contributed by atoms with Crippen molar-refractivity contribution in [3.63, 3.8) is 0 Å². The van der Waals surface area contributed by atoms with Gasteiger partial charge in [0.1, 0.15) is 0 Å². The second kappa shape index (κ2) is 3.55. The fourth-order valence-electron chi connectivity index (χ4n) is 1.38. The highest BCUT2D eigenvalue weighted by atomic mass is 19.4. The molecule has 0 bridgehead atoms. The van der Waals surface area contributed by atoms with E-state index in [0.717, 1.165) is 12.1 Å². The number of nitrogens with two attached hydrogens (primary N) is 1. The van der Waals surface area contributed by atoms with E-state index in [0.29, 0.717) is 11.3 Å². The second-order valence-electron chi connectivity index (χ2n) is 3.31. The largest absolute Gasteiger partial charge is 0.416 e. The van der Waals surface area contributed by atoms with Gasteiger partial charge < -0.3 is 10.7 Å². The van der Waals surface area contributed by atoms with Gasteiger partial charge in [-0.15, -0.1) is 0 Å². The lowest BCUT2D eigenvalue weighted by Gasteiger charge is -2.09. The summed E-state index contributed by atoms with van der Waals surface area (Å²) >= 11 is 0. The number of H-pyrrole nitrogens is 1. The molecule has 1 aromatic carbocycles. The van der Waals surface area contributed by atoms with Crippen molar-refractivity contribution in [1.29, 1.82) is 0 Å². The molecule has 3 nitrogen and oxygen atoms in total. The van der Waals surface area contributed by atoms with E-state index in [-0.39, 0.29) is 5.69 Å². The minimum atomic E-state index is -4.40. The number of aromatic nitrogens is 2. The van der Waals surface area contributed by atoms with Gasteiger partial charge in [0.25, 0.3) is 0 Å².